The molecule has 2 N–H and O–H groups in total. The number of nitrogens with one attached hydrogen (secondary N) is 2. The van der Waals surface area contributed by atoms with E-state index in [0.29, 0.717) is 6.54 Å². The lowest BCUT2D eigenvalue weighted by atomic mass is 10.1. The van der Waals surface area contributed by atoms with Gasteiger partial charge in [-0.05, 0) is 50.1 Å². The van der Waals surface area contributed by atoms with Crippen LogP contribution in [0.5, 0.6) is 0 Å². The largest absolute Gasteiger partial charge is 0.357 e. The Hall–Kier alpha value is -2.68. The van der Waals surface area contributed by atoms with Crippen LogP contribution >= 0.6 is 24.0 Å². The van der Waals surface area contributed by atoms with Crippen LogP contribution in [0.1, 0.15) is 24.7 Å². The van der Waals surface area contributed by atoms with Crippen LogP contribution in [0, 0.1) is 6.92 Å². The fraction of sp³-hybridized carbons (Fsp3) is 0.292. The second kappa shape index (κ2) is 11.1. The Labute approximate surface area is 200 Å². The van der Waals surface area contributed by atoms with E-state index in [2.05, 4.69) is 63.3 Å². The van der Waals surface area contributed by atoms with E-state index in [1.807, 2.05) is 36.5 Å². The molecule has 0 fully saturated rings. The lowest BCUT2D eigenvalue weighted by molar-refractivity contribution is 0.624. The highest BCUT2D eigenvalue weighted by Crippen LogP contribution is 2.17. The monoisotopic (exact) mass is 528 g/mol. The maximum Gasteiger partial charge on any atom is 0.191 e. The van der Waals surface area contributed by atoms with Gasteiger partial charge in [-0.2, -0.15) is 0 Å². The van der Waals surface area contributed by atoms with Crippen molar-refractivity contribution in [1.82, 2.24) is 25.2 Å². The molecule has 0 unspecified atom stereocenters. The lowest BCUT2D eigenvalue weighted by Gasteiger charge is -2.12. The third-order valence-electron chi connectivity index (χ3n) is 5.19. The van der Waals surface area contributed by atoms with Gasteiger partial charge >= 0.3 is 0 Å². The highest BCUT2D eigenvalue weighted by molar-refractivity contribution is 14.0. The maximum atomic E-state index is 4.78. The van der Waals surface area contributed by atoms with E-state index in [1.54, 1.807) is 0 Å². The molecule has 0 spiro atoms. The fourth-order valence-electron chi connectivity index (χ4n) is 3.72. The standard InChI is InChI=1S/C24H28N6.HI/c1-3-25-24(28-17-19-13-15-26-21-10-5-4-9-20(19)21)27-14-8-16-30-18(2)29-22-11-6-7-12-23(22)30;/h4-7,9-13,15H,3,8,14,16-17H2,1-2H3,(H2,25,27,28);1H. The van der Waals surface area contributed by atoms with E-state index in [9.17, 15) is 0 Å². The van der Waals surface area contributed by atoms with Crippen molar-refractivity contribution in [2.45, 2.75) is 33.4 Å². The van der Waals surface area contributed by atoms with Crippen LogP contribution in [0.25, 0.3) is 21.9 Å². The molecule has 162 valence electrons. The van der Waals surface area contributed by atoms with E-state index >= 15 is 0 Å². The number of aromatic nitrogens is 3. The van der Waals surface area contributed by atoms with Gasteiger partial charge < -0.3 is 15.2 Å². The quantitative estimate of drug-likeness (QED) is 0.159. The van der Waals surface area contributed by atoms with Gasteiger partial charge in [0.2, 0.25) is 0 Å². The zero-order valence-corrected chi connectivity index (χ0v) is 20.3. The zero-order chi connectivity index (χ0) is 20.8. The van der Waals surface area contributed by atoms with Gasteiger partial charge in [-0.1, -0.05) is 30.3 Å². The van der Waals surface area contributed by atoms with Gasteiger partial charge in [-0.25, -0.2) is 9.98 Å². The molecule has 0 amide bonds. The van der Waals surface area contributed by atoms with Crippen LogP contribution in [0.4, 0.5) is 0 Å². The van der Waals surface area contributed by atoms with Crippen LogP contribution < -0.4 is 10.6 Å². The summed E-state index contributed by atoms with van der Waals surface area (Å²) in [6.45, 7) is 7.36. The maximum absolute atomic E-state index is 4.78. The van der Waals surface area contributed by atoms with Gasteiger partial charge in [0.05, 0.1) is 23.1 Å². The first-order chi connectivity index (χ1) is 14.8. The SMILES string of the molecule is CCNC(=NCc1ccnc2ccccc12)NCCCn1c(C)nc2ccccc21.I. The van der Waals surface area contributed by atoms with Crippen molar-refractivity contribution in [3.8, 4) is 0 Å². The van der Waals surface area contributed by atoms with Crippen LogP contribution in [-0.4, -0.2) is 33.6 Å². The molecule has 0 bridgehead atoms. The average molecular weight is 528 g/mol. The number of hydrogen-bond donors (Lipinski definition) is 2. The molecular formula is C24H29IN6. The molecule has 0 atom stereocenters. The molecule has 4 rings (SSSR count). The number of para-hydroxylation sites is 3. The highest BCUT2D eigenvalue weighted by atomic mass is 127. The van der Waals surface area contributed by atoms with Crippen molar-refractivity contribution in [1.29, 1.82) is 0 Å². The molecule has 31 heavy (non-hydrogen) atoms. The third kappa shape index (κ3) is 5.52. The molecule has 2 aromatic heterocycles. The van der Waals surface area contributed by atoms with Crippen molar-refractivity contribution >= 4 is 51.9 Å². The van der Waals surface area contributed by atoms with Gasteiger partial charge in [0.25, 0.3) is 0 Å². The summed E-state index contributed by atoms with van der Waals surface area (Å²) >= 11 is 0. The molecule has 0 aliphatic carbocycles. The second-order valence-electron chi connectivity index (χ2n) is 7.26. The molecule has 0 radical (unpaired) electrons. The molecule has 0 saturated carbocycles. The third-order valence-corrected chi connectivity index (χ3v) is 5.19. The summed E-state index contributed by atoms with van der Waals surface area (Å²) in [4.78, 5) is 13.9. The Kier molecular flexibility index (Phi) is 8.22. The number of pyridine rings is 1. The number of aryl methyl sites for hydroxylation is 2. The number of fused-ring (bicyclic) bond motifs is 2. The molecule has 7 heteroatoms. The molecule has 4 aromatic rings. The van der Waals surface area contributed by atoms with E-state index < -0.39 is 0 Å². The predicted molar refractivity (Wildman–Crippen MR) is 139 cm³/mol. The Bertz CT molecular complexity index is 1160. The number of hydrogen-bond acceptors (Lipinski definition) is 3. The number of guanidine groups is 1. The first-order valence-electron chi connectivity index (χ1n) is 10.5. The molecule has 0 saturated heterocycles. The molecule has 2 heterocycles. The van der Waals surface area contributed by atoms with Crippen molar-refractivity contribution in [2.75, 3.05) is 13.1 Å². The lowest BCUT2D eigenvalue weighted by Crippen LogP contribution is -2.38. The first-order valence-corrected chi connectivity index (χ1v) is 10.5. The summed E-state index contributed by atoms with van der Waals surface area (Å²) < 4.78 is 2.28. The number of rotatable bonds is 7. The first kappa shape index (κ1) is 23.0. The van der Waals surface area contributed by atoms with Crippen LogP contribution in [0.2, 0.25) is 0 Å². The Morgan fingerprint density at radius 2 is 1.77 bits per heavy atom. The van der Waals surface area contributed by atoms with E-state index in [0.717, 1.165) is 54.3 Å². The summed E-state index contributed by atoms with van der Waals surface area (Å²) in [5.74, 6) is 1.90. The minimum atomic E-state index is 0. The Morgan fingerprint density at radius 1 is 1.00 bits per heavy atom. The van der Waals surface area contributed by atoms with E-state index in [4.69, 9.17) is 4.99 Å². The number of nitrogens with zero attached hydrogens (tertiary/aromatic N) is 4. The van der Waals surface area contributed by atoms with Gasteiger partial charge in [0.15, 0.2) is 5.96 Å². The van der Waals surface area contributed by atoms with E-state index in [-0.39, 0.29) is 24.0 Å². The van der Waals surface area contributed by atoms with Crippen molar-refractivity contribution in [3.63, 3.8) is 0 Å². The van der Waals surface area contributed by atoms with Gasteiger partial charge in [0, 0.05) is 31.2 Å². The topological polar surface area (TPSA) is 67.1 Å². The highest BCUT2D eigenvalue weighted by Gasteiger charge is 2.06. The minimum absolute atomic E-state index is 0. The van der Waals surface area contributed by atoms with Gasteiger partial charge in [-0.3, -0.25) is 4.98 Å². The average Bonchev–Trinajstić information content (AvgIpc) is 3.10. The Balaban J connectivity index is 0.00000272. The van der Waals surface area contributed by atoms with Crippen molar-refractivity contribution in [2.24, 2.45) is 4.99 Å². The van der Waals surface area contributed by atoms with E-state index in [1.165, 1.54) is 11.1 Å². The van der Waals surface area contributed by atoms with Crippen LogP contribution in [-0.2, 0) is 13.1 Å². The predicted octanol–water partition coefficient (Wildman–Crippen LogP) is 4.66. The van der Waals surface area contributed by atoms with Crippen LogP contribution in [0.15, 0.2) is 65.8 Å². The van der Waals surface area contributed by atoms with Crippen molar-refractivity contribution in [3.05, 3.63) is 72.2 Å². The number of imidazole rings is 1. The fourth-order valence-corrected chi connectivity index (χ4v) is 3.72. The number of halogens is 1. The molecule has 0 aliphatic heterocycles. The summed E-state index contributed by atoms with van der Waals surface area (Å²) in [6.07, 6.45) is 2.84. The molecule has 0 aliphatic rings. The number of aliphatic imine (C=N–C) groups is 1. The molecular weight excluding hydrogens is 499 g/mol. The summed E-state index contributed by atoms with van der Waals surface area (Å²) in [6, 6.07) is 18.5. The molecule has 6 nitrogen and oxygen atoms in total. The minimum Gasteiger partial charge on any atom is -0.357 e. The molecule has 2 aromatic carbocycles. The summed E-state index contributed by atoms with van der Waals surface area (Å²) in [5.41, 5.74) is 4.44. The summed E-state index contributed by atoms with van der Waals surface area (Å²) in [5, 5.41) is 7.95. The van der Waals surface area contributed by atoms with Crippen molar-refractivity contribution < 1.29 is 0 Å². The number of benzene rings is 2. The van der Waals surface area contributed by atoms with Gasteiger partial charge in [0.1, 0.15) is 5.82 Å². The smallest absolute Gasteiger partial charge is 0.191 e. The second-order valence-corrected chi connectivity index (χ2v) is 7.26. The van der Waals surface area contributed by atoms with Gasteiger partial charge in [-0.15, -0.1) is 24.0 Å². The summed E-state index contributed by atoms with van der Waals surface area (Å²) in [7, 11) is 0. The zero-order valence-electron chi connectivity index (χ0n) is 18.0. The van der Waals surface area contributed by atoms with Crippen LogP contribution in [0.3, 0.4) is 0 Å². The Morgan fingerprint density at radius 3 is 2.61 bits per heavy atom. The normalized spacial score (nSPS) is 11.5.